The molecule has 2 rings (SSSR count). The minimum Gasteiger partial charge on any atom is -0.266 e. The summed E-state index contributed by atoms with van der Waals surface area (Å²) in [5.41, 5.74) is 2.76. The Kier molecular flexibility index (Phi) is 2.36. The maximum Gasteiger partial charge on any atom is 0.232 e. The number of nitrogens with one attached hydrogen (secondary N) is 2. The van der Waals surface area contributed by atoms with Gasteiger partial charge in [0, 0.05) is 19.4 Å². The third kappa shape index (κ3) is 1.96. The Morgan fingerprint density at radius 1 is 1.27 bits per heavy atom. The van der Waals surface area contributed by atoms with Crippen molar-refractivity contribution in [2.75, 3.05) is 17.5 Å². The molecule has 0 radical (unpaired) electrons. The van der Waals surface area contributed by atoms with Gasteiger partial charge >= 0.3 is 0 Å². The van der Waals surface area contributed by atoms with E-state index in [1.807, 2.05) is 0 Å². The van der Waals surface area contributed by atoms with Crippen LogP contribution in [0.25, 0.3) is 0 Å². The maximum atomic E-state index is 7.74. The molecule has 0 aliphatic heterocycles. The van der Waals surface area contributed by atoms with Gasteiger partial charge in [-0.2, -0.15) is 19.8 Å². The fourth-order valence-corrected chi connectivity index (χ4v) is 1.06. The topological polar surface area (TPSA) is 74.8 Å². The van der Waals surface area contributed by atoms with E-state index in [1.54, 1.807) is 53.8 Å². The van der Waals surface area contributed by atoms with Crippen LogP contribution >= 0.6 is 0 Å². The lowest BCUT2D eigenvalue weighted by Gasteiger charge is -2.19. The molecule has 7 heteroatoms. The first-order valence-corrected chi connectivity index (χ1v) is 4.36. The first kappa shape index (κ1) is 9.25. The van der Waals surface area contributed by atoms with Crippen molar-refractivity contribution in [3.05, 3.63) is 36.9 Å². The second-order valence-corrected chi connectivity index (χ2v) is 2.86. The maximum absolute atomic E-state index is 7.74. The Labute approximate surface area is 86.4 Å². The van der Waals surface area contributed by atoms with Gasteiger partial charge in [-0.05, 0) is 12.1 Å². The smallest absolute Gasteiger partial charge is 0.232 e. The zero-order valence-corrected chi connectivity index (χ0v) is 8.20. The second-order valence-electron chi connectivity index (χ2n) is 2.86. The molecule has 0 saturated carbocycles. The van der Waals surface area contributed by atoms with Gasteiger partial charge in [0.15, 0.2) is 0 Å². The van der Waals surface area contributed by atoms with E-state index in [1.165, 1.54) is 4.79 Å². The highest BCUT2D eigenvalue weighted by Gasteiger charge is 2.05. The van der Waals surface area contributed by atoms with Gasteiger partial charge in [-0.3, -0.25) is 5.41 Å². The average molecular weight is 205 g/mol. The highest BCUT2D eigenvalue weighted by molar-refractivity contribution is 5.92. The predicted molar refractivity (Wildman–Crippen MR) is 55.7 cm³/mol. The van der Waals surface area contributed by atoms with Gasteiger partial charge in [0.05, 0.1) is 12.4 Å². The van der Waals surface area contributed by atoms with Crippen molar-refractivity contribution in [2.24, 2.45) is 0 Å². The highest BCUT2D eigenvalue weighted by Crippen LogP contribution is 1.87. The molecule has 0 fully saturated rings. The van der Waals surface area contributed by atoms with E-state index < -0.39 is 0 Å². The standard InChI is InChI=1S/C8H11N7/c1-13(15-7-3-5-11-15)8(9)12-14-6-2-4-10-14/h2-7H,1H3,(H2,9,12). The number of nitrogens with zero attached hydrogens (tertiary/aromatic N) is 5. The molecule has 0 aliphatic carbocycles. The monoisotopic (exact) mass is 205 g/mol. The van der Waals surface area contributed by atoms with E-state index in [0.717, 1.165) is 0 Å². The van der Waals surface area contributed by atoms with E-state index in [9.17, 15) is 0 Å². The molecule has 2 heterocycles. The Morgan fingerprint density at radius 3 is 2.60 bits per heavy atom. The molecule has 0 aromatic carbocycles. The van der Waals surface area contributed by atoms with Gasteiger partial charge in [0.25, 0.3) is 0 Å². The fourth-order valence-electron chi connectivity index (χ4n) is 1.06. The third-order valence-corrected chi connectivity index (χ3v) is 1.85. The molecule has 0 aliphatic rings. The van der Waals surface area contributed by atoms with Crippen molar-refractivity contribution < 1.29 is 0 Å². The third-order valence-electron chi connectivity index (χ3n) is 1.85. The minimum absolute atomic E-state index is 0.169. The number of rotatable bonds is 2. The highest BCUT2D eigenvalue weighted by atomic mass is 15.7. The summed E-state index contributed by atoms with van der Waals surface area (Å²) in [4.78, 5) is 2.99. The summed E-state index contributed by atoms with van der Waals surface area (Å²) in [7, 11) is 1.73. The van der Waals surface area contributed by atoms with Gasteiger partial charge < -0.3 is 0 Å². The lowest BCUT2D eigenvalue weighted by molar-refractivity contribution is 0.673. The van der Waals surface area contributed by atoms with Crippen LogP contribution in [0.2, 0.25) is 0 Å². The lowest BCUT2D eigenvalue weighted by atomic mass is 10.8. The molecule has 0 amide bonds. The molecule has 0 unspecified atom stereocenters. The molecular weight excluding hydrogens is 194 g/mol. The number of hydrogen-bond acceptors (Lipinski definition) is 3. The molecule has 7 nitrogen and oxygen atoms in total. The molecular formula is C8H11N7. The van der Waals surface area contributed by atoms with Crippen LogP contribution in [0, 0.1) is 5.41 Å². The van der Waals surface area contributed by atoms with Crippen molar-refractivity contribution in [2.45, 2.75) is 0 Å². The summed E-state index contributed by atoms with van der Waals surface area (Å²) in [6.45, 7) is 0. The van der Waals surface area contributed by atoms with E-state index in [0.29, 0.717) is 0 Å². The summed E-state index contributed by atoms with van der Waals surface area (Å²) in [6, 6.07) is 3.56. The van der Waals surface area contributed by atoms with E-state index >= 15 is 0 Å². The largest absolute Gasteiger partial charge is 0.266 e. The zero-order valence-electron chi connectivity index (χ0n) is 8.20. The van der Waals surface area contributed by atoms with Crippen molar-refractivity contribution in [3.8, 4) is 0 Å². The van der Waals surface area contributed by atoms with E-state index in [4.69, 9.17) is 5.41 Å². The molecule has 0 bridgehead atoms. The van der Waals surface area contributed by atoms with Crippen LogP contribution in [0.1, 0.15) is 0 Å². The number of guanidine groups is 1. The molecule has 2 aromatic heterocycles. The Balaban J connectivity index is 2.03. The minimum atomic E-state index is 0.169. The summed E-state index contributed by atoms with van der Waals surface area (Å²) < 4.78 is 0. The van der Waals surface area contributed by atoms with Gasteiger partial charge in [-0.15, -0.1) is 0 Å². The predicted octanol–water partition coefficient (Wildman–Crippen LogP) is -0.174. The summed E-state index contributed by atoms with van der Waals surface area (Å²) in [5, 5.41) is 17.2. The van der Waals surface area contributed by atoms with Gasteiger partial charge in [0.1, 0.15) is 0 Å². The molecule has 2 N–H and O–H groups in total. The van der Waals surface area contributed by atoms with Crippen LogP contribution in [-0.2, 0) is 0 Å². The molecule has 15 heavy (non-hydrogen) atoms. The quantitative estimate of drug-likeness (QED) is 0.527. The second kappa shape index (κ2) is 3.82. The fraction of sp³-hybridized carbons (Fsp3) is 0.125. The molecule has 78 valence electrons. The molecule has 0 spiro atoms. The summed E-state index contributed by atoms with van der Waals surface area (Å²) in [6.07, 6.45) is 6.75. The average Bonchev–Trinajstić information content (AvgIpc) is 2.88. The normalized spacial score (nSPS) is 9.93. The van der Waals surface area contributed by atoms with Gasteiger partial charge in [-0.25, -0.2) is 10.4 Å². The Morgan fingerprint density at radius 2 is 2.00 bits per heavy atom. The van der Waals surface area contributed by atoms with Crippen LogP contribution < -0.4 is 10.4 Å². The number of aromatic nitrogens is 4. The first-order chi connectivity index (χ1) is 7.27. The SMILES string of the molecule is CN(C(=N)Nn1cccn1)n1cccn1. The van der Waals surface area contributed by atoms with Gasteiger partial charge in [0.2, 0.25) is 5.96 Å². The molecule has 0 saturated heterocycles. The van der Waals surface area contributed by atoms with Crippen LogP contribution in [-0.4, -0.2) is 32.8 Å². The Hall–Kier alpha value is -2.31. The molecule has 2 aromatic rings. The molecule has 0 atom stereocenters. The van der Waals surface area contributed by atoms with E-state index in [2.05, 4.69) is 15.6 Å². The zero-order chi connectivity index (χ0) is 10.7. The number of hydrogen-bond donors (Lipinski definition) is 2. The summed E-state index contributed by atoms with van der Waals surface area (Å²) >= 11 is 0. The first-order valence-electron chi connectivity index (χ1n) is 4.36. The van der Waals surface area contributed by atoms with Crippen molar-refractivity contribution >= 4 is 5.96 Å². The van der Waals surface area contributed by atoms with Crippen molar-refractivity contribution in [1.29, 1.82) is 5.41 Å². The van der Waals surface area contributed by atoms with Crippen LogP contribution in [0.15, 0.2) is 36.9 Å². The Bertz CT molecular complexity index is 416. The lowest BCUT2D eigenvalue weighted by Crippen LogP contribution is -2.43. The van der Waals surface area contributed by atoms with Gasteiger partial charge in [-0.1, -0.05) is 0 Å². The van der Waals surface area contributed by atoms with Crippen molar-refractivity contribution in [3.63, 3.8) is 0 Å². The van der Waals surface area contributed by atoms with Crippen molar-refractivity contribution in [1.82, 2.24) is 19.8 Å². The van der Waals surface area contributed by atoms with Crippen LogP contribution in [0.5, 0.6) is 0 Å². The summed E-state index contributed by atoms with van der Waals surface area (Å²) in [5.74, 6) is 0.169. The van der Waals surface area contributed by atoms with Crippen LogP contribution in [0.4, 0.5) is 0 Å². The van der Waals surface area contributed by atoms with Crippen LogP contribution in [0.3, 0.4) is 0 Å². The van der Waals surface area contributed by atoms with E-state index in [-0.39, 0.29) is 5.96 Å².